The van der Waals surface area contributed by atoms with Crippen LogP contribution >= 0.6 is 0 Å². The van der Waals surface area contributed by atoms with Crippen molar-refractivity contribution in [3.8, 4) is 0 Å². The first-order valence-electron chi connectivity index (χ1n) is 5.73. The van der Waals surface area contributed by atoms with Crippen LogP contribution in [0.15, 0.2) is 0 Å². The molecule has 1 fully saturated rings. The molecule has 0 unspecified atom stereocenters. The number of hydrogen-bond acceptors (Lipinski definition) is 6. The molecule has 1 rings (SSSR count). The van der Waals surface area contributed by atoms with E-state index in [0.29, 0.717) is 12.8 Å². The van der Waals surface area contributed by atoms with Crippen molar-refractivity contribution in [3.63, 3.8) is 0 Å². The van der Waals surface area contributed by atoms with Crippen molar-refractivity contribution in [1.29, 1.82) is 0 Å². The monoisotopic (exact) mass is 275 g/mol. The number of Topliss-reactive ketones (excluding diaryl/α,β-unsaturated/α-hetero) is 1. The zero-order valence-corrected chi connectivity index (χ0v) is 10.8. The van der Waals surface area contributed by atoms with Gasteiger partial charge < -0.3 is 24.6 Å². The van der Waals surface area contributed by atoms with E-state index in [0.717, 1.165) is 19.1 Å². The molecular formula is C11H17NO7. The van der Waals surface area contributed by atoms with Crippen molar-refractivity contribution in [2.75, 3.05) is 27.4 Å². The summed E-state index contributed by atoms with van der Waals surface area (Å²) in [6, 6.07) is -1.03. The fraction of sp³-hybridized carbons (Fsp3) is 0.727. The number of methoxy groups -OCH3 is 2. The number of carboxylic acids is 1. The van der Waals surface area contributed by atoms with Gasteiger partial charge in [0.1, 0.15) is 12.6 Å². The van der Waals surface area contributed by atoms with Crippen LogP contribution in [0.2, 0.25) is 0 Å². The van der Waals surface area contributed by atoms with Gasteiger partial charge in [0.25, 0.3) is 17.5 Å². The maximum absolute atomic E-state index is 12.0. The number of hydrogen-bond donors (Lipinski definition) is 2. The minimum atomic E-state index is -2.08. The molecular weight excluding hydrogens is 258 g/mol. The van der Waals surface area contributed by atoms with Crippen molar-refractivity contribution >= 4 is 17.7 Å². The molecule has 0 aromatic heterocycles. The fourth-order valence-corrected chi connectivity index (χ4v) is 2.03. The van der Waals surface area contributed by atoms with E-state index in [4.69, 9.17) is 19.7 Å². The third-order valence-electron chi connectivity index (χ3n) is 3.21. The van der Waals surface area contributed by atoms with E-state index in [1.807, 2.05) is 0 Å². The Kier molecular flexibility index (Phi) is 4.98. The summed E-state index contributed by atoms with van der Waals surface area (Å²) in [4.78, 5) is 36.0. The molecule has 0 aromatic carbocycles. The number of rotatable bonds is 6. The Morgan fingerprint density at radius 2 is 1.89 bits per heavy atom. The normalized spacial score (nSPS) is 19.5. The zero-order valence-electron chi connectivity index (χ0n) is 10.8. The van der Waals surface area contributed by atoms with Crippen LogP contribution < -0.4 is 0 Å². The first-order valence-corrected chi connectivity index (χ1v) is 5.73. The highest BCUT2D eigenvalue weighted by molar-refractivity contribution is 6.39. The van der Waals surface area contributed by atoms with Gasteiger partial charge in [-0.2, -0.15) is 0 Å². The number of ether oxygens (including phenoxy) is 2. The third kappa shape index (κ3) is 2.75. The van der Waals surface area contributed by atoms with Crippen LogP contribution in [-0.4, -0.2) is 72.0 Å². The molecule has 8 nitrogen and oxygen atoms in total. The fourth-order valence-electron chi connectivity index (χ4n) is 2.03. The molecule has 1 atom stereocenters. The topological polar surface area (TPSA) is 113 Å². The summed E-state index contributed by atoms with van der Waals surface area (Å²) in [5, 5.41) is 18.1. The van der Waals surface area contributed by atoms with Gasteiger partial charge in [-0.05, 0) is 12.8 Å². The first kappa shape index (κ1) is 15.5. The number of aliphatic hydroxyl groups is 1. The van der Waals surface area contributed by atoms with Crippen LogP contribution in [-0.2, 0) is 23.9 Å². The van der Waals surface area contributed by atoms with Gasteiger partial charge in [0.05, 0.1) is 0 Å². The lowest BCUT2D eigenvalue weighted by Crippen LogP contribution is -2.55. The van der Waals surface area contributed by atoms with E-state index in [-0.39, 0.29) is 6.54 Å². The molecule has 2 N–H and O–H groups in total. The zero-order chi connectivity index (χ0) is 14.6. The molecule has 8 heteroatoms. The second-order valence-corrected chi connectivity index (χ2v) is 4.14. The van der Waals surface area contributed by atoms with Crippen LogP contribution in [0.1, 0.15) is 12.8 Å². The number of carbonyl (C=O) groups is 3. The van der Waals surface area contributed by atoms with E-state index < -0.39 is 36.1 Å². The predicted molar refractivity (Wildman–Crippen MR) is 61.2 cm³/mol. The van der Waals surface area contributed by atoms with Crippen molar-refractivity contribution in [1.82, 2.24) is 4.90 Å². The molecule has 0 radical (unpaired) electrons. The van der Waals surface area contributed by atoms with Crippen LogP contribution in [0.5, 0.6) is 0 Å². The minimum absolute atomic E-state index is 0.177. The summed E-state index contributed by atoms with van der Waals surface area (Å²) in [5.41, 5.74) is 0. The average Bonchev–Trinajstić information content (AvgIpc) is 2.89. The van der Waals surface area contributed by atoms with E-state index in [1.54, 1.807) is 0 Å². The Balaban J connectivity index is 2.93. The summed E-state index contributed by atoms with van der Waals surface area (Å²) in [6.45, 7) is -0.660. The second kappa shape index (κ2) is 6.09. The van der Waals surface area contributed by atoms with Crippen molar-refractivity contribution in [3.05, 3.63) is 0 Å². The molecule has 1 heterocycles. The smallest absolute Gasteiger partial charge is 0.326 e. The van der Waals surface area contributed by atoms with E-state index in [2.05, 4.69) is 0 Å². The Morgan fingerprint density at radius 3 is 2.32 bits per heavy atom. The Bertz CT molecular complexity index is 369. The van der Waals surface area contributed by atoms with Gasteiger partial charge in [-0.3, -0.25) is 9.59 Å². The molecule has 0 saturated carbocycles. The number of carboxylic acid groups (broad SMARTS) is 1. The van der Waals surface area contributed by atoms with Gasteiger partial charge in [-0.25, -0.2) is 4.79 Å². The number of aliphatic carboxylic acids is 1. The maximum Gasteiger partial charge on any atom is 0.326 e. The van der Waals surface area contributed by atoms with Gasteiger partial charge >= 0.3 is 5.97 Å². The van der Waals surface area contributed by atoms with E-state index in [9.17, 15) is 14.4 Å². The van der Waals surface area contributed by atoms with Crippen LogP contribution in [0.25, 0.3) is 0 Å². The molecule has 1 saturated heterocycles. The minimum Gasteiger partial charge on any atom is -0.480 e. The Hall–Kier alpha value is -1.51. The summed E-state index contributed by atoms with van der Waals surface area (Å²) < 4.78 is 9.52. The lowest BCUT2D eigenvalue weighted by atomic mass is 10.1. The van der Waals surface area contributed by atoms with Gasteiger partial charge in [-0.15, -0.1) is 0 Å². The maximum atomic E-state index is 12.0. The highest BCUT2D eigenvalue weighted by Gasteiger charge is 2.47. The standard InChI is InChI=1S/C11H17NO7/c1-18-11(6-13,19-2)8(14)9(15)12-5-3-4-7(12)10(16)17/h7,13H,3-6H2,1-2H3,(H,16,17)/t7-/m0/s1. The van der Waals surface area contributed by atoms with Crippen molar-refractivity contribution < 1.29 is 34.1 Å². The van der Waals surface area contributed by atoms with Crippen molar-refractivity contribution in [2.24, 2.45) is 0 Å². The van der Waals surface area contributed by atoms with Gasteiger partial charge in [0, 0.05) is 20.8 Å². The van der Waals surface area contributed by atoms with Gasteiger partial charge in [0.2, 0.25) is 0 Å². The number of nitrogens with zero attached hydrogens (tertiary/aromatic N) is 1. The van der Waals surface area contributed by atoms with Crippen LogP contribution in [0.4, 0.5) is 0 Å². The largest absolute Gasteiger partial charge is 0.480 e. The lowest BCUT2D eigenvalue weighted by molar-refractivity contribution is -0.221. The number of likely N-dealkylation sites (tertiary alicyclic amines) is 1. The molecule has 1 aliphatic rings. The van der Waals surface area contributed by atoms with Crippen LogP contribution in [0, 0.1) is 0 Å². The number of aliphatic hydroxyl groups excluding tert-OH is 1. The lowest BCUT2D eigenvalue weighted by Gasteiger charge is -2.29. The van der Waals surface area contributed by atoms with Gasteiger partial charge in [0.15, 0.2) is 0 Å². The number of ketones is 1. The summed E-state index contributed by atoms with van der Waals surface area (Å²) >= 11 is 0. The number of amides is 1. The molecule has 108 valence electrons. The number of carbonyl (C=O) groups excluding carboxylic acids is 2. The first-order chi connectivity index (χ1) is 8.93. The average molecular weight is 275 g/mol. The summed E-state index contributed by atoms with van der Waals surface area (Å²) in [6.07, 6.45) is 0.794. The highest BCUT2D eigenvalue weighted by atomic mass is 16.7. The summed E-state index contributed by atoms with van der Waals surface area (Å²) in [7, 11) is 2.23. The third-order valence-corrected chi connectivity index (χ3v) is 3.21. The molecule has 0 aliphatic carbocycles. The van der Waals surface area contributed by atoms with E-state index >= 15 is 0 Å². The SMILES string of the molecule is COC(CO)(OC)C(=O)C(=O)N1CCC[C@H]1C(=O)O. The van der Waals surface area contributed by atoms with Gasteiger partial charge in [-0.1, -0.05) is 0 Å². The molecule has 19 heavy (non-hydrogen) atoms. The van der Waals surface area contributed by atoms with Crippen molar-refractivity contribution in [2.45, 2.75) is 24.7 Å². The molecule has 1 aliphatic heterocycles. The quantitative estimate of drug-likeness (QED) is 0.453. The Morgan fingerprint density at radius 1 is 1.32 bits per heavy atom. The Labute approximate surface area is 109 Å². The van der Waals surface area contributed by atoms with E-state index in [1.165, 1.54) is 0 Å². The second-order valence-electron chi connectivity index (χ2n) is 4.14. The molecule has 1 amide bonds. The molecule has 0 spiro atoms. The summed E-state index contributed by atoms with van der Waals surface area (Å²) in [5.74, 6) is -5.39. The predicted octanol–water partition coefficient (Wildman–Crippen LogP) is -1.39. The highest BCUT2D eigenvalue weighted by Crippen LogP contribution is 2.21. The van der Waals surface area contributed by atoms with Crippen LogP contribution in [0.3, 0.4) is 0 Å². The molecule has 0 bridgehead atoms. The molecule has 0 aromatic rings.